The Labute approximate surface area is 147 Å². The molecular formula is C18H24N4OS. The molecule has 0 radical (unpaired) electrons. The van der Waals surface area contributed by atoms with Crippen LogP contribution in [0.15, 0.2) is 52.8 Å². The lowest BCUT2D eigenvalue weighted by molar-refractivity contribution is 0.0957. The Morgan fingerprint density at radius 2 is 1.88 bits per heavy atom. The van der Waals surface area contributed by atoms with E-state index in [-0.39, 0.29) is 11.9 Å². The van der Waals surface area contributed by atoms with Crippen molar-refractivity contribution in [1.29, 1.82) is 0 Å². The lowest BCUT2D eigenvalue weighted by atomic mass is 10.1. The average Bonchev–Trinajstić information content (AvgIpc) is 3.15. The topological polar surface area (TPSA) is 65.5 Å². The van der Waals surface area contributed by atoms with E-state index in [2.05, 4.69) is 40.0 Å². The third-order valence-electron chi connectivity index (χ3n) is 3.55. The average molecular weight is 344 g/mol. The van der Waals surface area contributed by atoms with Gasteiger partial charge in [0.1, 0.15) is 0 Å². The third kappa shape index (κ3) is 5.70. The molecule has 1 aromatic heterocycles. The van der Waals surface area contributed by atoms with Crippen LogP contribution in [0.4, 0.5) is 0 Å². The molecule has 5 nitrogen and oxygen atoms in total. The summed E-state index contributed by atoms with van der Waals surface area (Å²) in [6.45, 7) is 3.48. The van der Waals surface area contributed by atoms with Crippen molar-refractivity contribution < 1.29 is 4.79 Å². The van der Waals surface area contributed by atoms with Crippen LogP contribution in [-0.2, 0) is 0 Å². The Morgan fingerprint density at radius 3 is 2.54 bits per heavy atom. The van der Waals surface area contributed by atoms with E-state index in [4.69, 9.17) is 0 Å². The molecule has 0 aliphatic rings. The predicted octanol–water partition coefficient (Wildman–Crippen LogP) is 2.79. The van der Waals surface area contributed by atoms with Crippen LogP contribution in [-0.4, -0.2) is 32.0 Å². The monoisotopic (exact) mass is 344 g/mol. The second kappa shape index (κ2) is 9.72. The van der Waals surface area contributed by atoms with E-state index in [1.165, 1.54) is 16.9 Å². The summed E-state index contributed by atoms with van der Waals surface area (Å²) in [5.74, 6) is 0.751. The minimum absolute atomic E-state index is 0.00907. The number of benzene rings is 1. The zero-order valence-electron chi connectivity index (χ0n) is 14.1. The predicted molar refractivity (Wildman–Crippen MR) is 101 cm³/mol. The second-order valence-electron chi connectivity index (χ2n) is 5.36. The highest BCUT2D eigenvalue weighted by Crippen LogP contribution is 2.10. The maximum absolute atomic E-state index is 11.8. The second-order valence-corrected chi connectivity index (χ2v) is 6.31. The van der Waals surface area contributed by atoms with Gasteiger partial charge in [0.2, 0.25) is 0 Å². The van der Waals surface area contributed by atoms with Gasteiger partial charge in [-0.25, -0.2) is 0 Å². The molecule has 2 aromatic rings. The largest absolute Gasteiger partial charge is 0.356 e. The summed E-state index contributed by atoms with van der Waals surface area (Å²) in [6, 6.07) is 14.1. The van der Waals surface area contributed by atoms with E-state index < -0.39 is 0 Å². The van der Waals surface area contributed by atoms with Crippen molar-refractivity contribution >= 4 is 23.2 Å². The van der Waals surface area contributed by atoms with Crippen LogP contribution in [0.2, 0.25) is 0 Å². The number of hydrogen-bond acceptors (Lipinski definition) is 3. The van der Waals surface area contributed by atoms with Crippen molar-refractivity contribution in [3.8, 4) is 0 Å². The Kier molecular flexibility index (Phi) is 7.29. The lowest BCUT2D eigenvalue weighted by Crippen LogP contribution is -2.39. The van der Waals surface area contributed by atoms with E-state index in [1.807, 2.05) is 35.7 Å². The zero-order chi connectivity index (χ0) is 17.2. The number of amides is 1. The molecule has 0 fully saturated rings. The maximum atomic E-state index is 11.8. The highest BCUT2D eigenvalue weighted by atomic mass is 32.1. The van der Waals surface area contributed by atoms with Crippen LogP contribution in [0.5, 0.6) is 0 Å². The molecule has 0 spiro atoms. The normalized spacial score (nSPS) is 12.5. The number of hydrogen-bond donors (Lipinski definition) is 3. The molecule has 1 unspecified atom stereocenters. The molecule has 0 saturated carbocycles. The molecule has 1 aromatic carbocycles. The Bertz CT molecular complexity index is 640. The van der Waals surface area contributed by atoms with Crippen LogP contribution in [0, 0.1) is 0 Å². The van der Waals surface area contributed by atoms with Gasteiger partial charge in [0.05, 0.1) is 10.9 Å². The standard InChI is InChI=1S/C18H24N4OS/c1-14(15-8-4-3-5-9-15)22-18(19-2)21-12-7-11-20-17(23)16-10-6-13-24-16/h3-6,8-10,13-14H,7,11-12H2,1-2H3,(H,20,23)(H2,19,21,22). The summed E-state index contributed by atoms with van der Waals surface area (Å²) in [5, 5.41) is 11.4. The molecule has 128 valence electrons. The van der Waals surface area contributed by atoms with E-state index in [1.54, 1.807) is 7.05 Å². The zero-order valence-corrected chi connectivity index (χ0v) is 14.9. The van der Waals surface area contributed by atoms with Gasteiger partial charge in [-0.05, 0) is 30.4 Å². The van der Waals surface area contributed by atoms with Crippen molar-refractivity contribution in [3.05, 3.63) is 58.3 Å². The summed E-state index contributed by atoms with van der Waals surface area (Å²) in [4.78, 5) is 16.8. The van der Waals surface area contributed by atoms with Gasteiger partial charge in [-0.1, -0.05) is 36.4 Å². The first-order valence-corrected chi connectivity index (χ1v) is 8.92. The van der Waals surface area contributed by atoms with Gasteiger partial charge in [-0.3, -0.25) is 9.79 Å². The summed E-state index contributed by atoms with van der Waals surface area (Å²) in [5.41, 5.74) is 1.21. The van der Waals surface area contributed by atoms with Crippen LogP contribution in [0.1, 0.15) is 34.6 Å². The fraction of sp³-hybridized carbons (Fsp3) is 0.333. The summed E-state index contributed by atoms with van der Waals surface area (Å²) < 4.78 is 0. The van der Waals surface area contributed by atoms with Gasteiger partial charge in [0.25, 0.3) is 5.91 Å². The van der Waals surface area contributed by atoms with E-state index in [0.717, 1.165) is 23.8 Å². The molecule has 1 amide bonds. The van der Waals surface area contributed by atoms with Crippen molar-refractivity contribution in [2.45, 2.75) is 19.4 Å². The molecule has 2 rings (SSSR count). The fourth-order valence-corrected chi connectivity index (χ4v) is 2.86. The van der Waals surface area contributed by atoms with Crippen molar-refractivity contribution in [2.75, 3.05) is 20.1 Å². The fourth-order valence-electron chi connectivity index (χ4n) is 2.22. The molecule has 0 aliphatic heterocycles. The molecule has 1 atom stereocenters. The van der Waals surface area contributed by atoms with Gasteiger partial charge in [0, 0.05) is 20.1 Å². The Morgan fingerprint density at radius 1 is 1.12 bits per heavy atom. The lowest BCUT2D eigenvalue weighted by Gasteiger charge is -2.18. The number of thiophene rings is 1. The van der Waals surface area contributed by atoms with E-state index in [0.29, 0.717) is 6.54 Å². The quantitative estimate of drug-likeness (QED) is 0.411. The van der Waals surface area contributed by atoms with E-state index in [9.17, 15) is 4.79 Å². The molecule has 3 N–H and O–H groups in total. The number of guanidine groups is 1. The van der Waals surface area contributed by atoms with E-state index >= 15 is 0 Å². The number of rotatable bonds is 7. The van der Waals surface area contributed by atoms with Gasteiger partial charge >= 0.3 is 0 Å². The van der Waals surface area contributed by atoms with Crippen LogP contribution < -0.4 is 16.0 Å². The first-order valence-electron chi connectivity index (χ1n) is 8.04. The Balaban J connectivity index is 1.66. The summed E-state index contributed by atoms with van der Waals surface area (Å²) >= 11 is 1.45. The Hall–Kier alpha value is -2.34. The minimum Gasteiger partial charge on any atom is -0.356 e. The molecule has 0 aliphatic carbocycles. The summed E-state index contributed by atoms with van der Waals surface area (Å²) in [7, 11) is 1.76. The number of carbonyl (C=O) groups is 1. The van der Waals surface area contributed by atoms with Crippen molar-refractivity contribution in [2.24, 2.45) is 4.99 Å². The van der Waals surface area contributed by atoms with Gasteiger partial charge in [0.15, 0.2) is 5.96 Å². The van der Waals surface area contributed by atoms with Gasteiger partial charge < -0.3 is 16.0 Å². The molecular weight excluding hydrogens is 320 g/mol. The number of nitrogens with one attached hydrogen (secondary N) is 3. The van der Waals surface area contributed by atoms with Crippen LogP contribution in [0.25, 0.3) is 0 Å². The molecule has 6 heteroatoms. The first-order chi connectivity index (χ1) is 11.7. The first kappa shape index (κ1) is 18.0. The summed E-state index contributed by atoms with van der Waals surface area (Å²) in [6.07, 6.45) is 0.831. The van der Waals surface area contributed by atoms with Gasteiger partial charge in [-0.15, -0.1) is 11.3 Å². The maximum Gasteiger partial charge on any atom is 0.261 e. The smallest absolute Gasteiger partial charge is 0.261 e. The highest BCUT2D eigenvalue weighted by molar-refractivity contribution is 7.12. The number of nitrogens with zero attached hydrogens (tertiary/aromatic N) is 1. The highest BCUT2D eigenvalue weighted by Gasteiger charge is 2.07. The van der Waals surface area contributed by atoms with Gasteiger partial charge in [-0.2, -0.15) is 0 Å². The van der Waals surface area contributed by atoms with Crippen LogP contribution in [0.3, 0.4) is 0 Å². The number of carbonyl (C=O) groups excluding carboxylic acids is 1. The molecule has 0 saturated heterocycles. The van der Waals surface area contributed by atoms with Crippen LogP contribution >= 0.6 is 11.3 Å². The van der Waals surface area contributed by atoms with Crippen molar-refractivity contribution in [1.82, 2.24) is 16.0 Å². The number of aliphatic imine (C=N–C) groups is 1. The molecule has 24 heavy (non-hydrogen) atoms. The minimum atomic E-state index is -0.00907. The van der Waals surface area contributed by atoms with Crippen molar-refractivity contribution in [3.63, 3.8) is 0 Å². The molecule has 0 bridgehead atoms. The SMILES string of the molecule is CN=C(NCCCNC(=O)c1cccs1)NC(C)c1ccccc1. The molecule has 1 heterocycles. The third-order valence-corrected chi connectivity index (χ3v) is 4.42.